The van der Waals surface area contributed by atoms with Gasteiger partial charge >= 0.3 is 6.03 Å². The molecule has 7 heteroatoms. The molecule has 1 aromatic carbocycles. The van der Waals surface area contributed by atoms with Crippen LogP contribution in [0.4, 0.5) is 13.6 Å². The summed E-state index contributed by atoms with van der Waals surface area (Å²) in [5.41, 5.74) is 0.566. The van der Waals surface area contributed by atoms with E-state index in [4.69, 9.17) is 0 Å². The minimum absolute atomic E-state index is 0.00802. The highest BCUT2D eigenvalue weighted by molar-refractivity contribution is 5.94. The third-order valence-corrected chi connectivity index (χ3v) is 3.37. The first-order valence-corrected chi connectivity index (χ1v) is 7.22. The van der Waals surface area contributed by atoms with E-state index in [1.807, 2.05) is 13.8 Å². The van der Waals surface area contributed by atoms with Crippen molar-refractivity contribution in [1.29, 1.82) is 0 Å². The van der Waals surface area contributed by atoms with Crippen LogP contribution < -0.4 is 16.0 Å². The van der Waals surface area contributed by atoms with Gasteiger partial charge in [0, 0.05) is 11.6 Å². The van der Waals surface area contributed by atoms with Gasteiger partial charge in [-0.1, -0.05) is 6.92 Å². The quantitative estimate of drug-likeness (QED) is 0.738. The molecule has 0 unspecified atom stereocenters. The second-order valence-electron chi connectivity index (χ2n) is 5.23. The van der Waals surface area contributed by atoms with Crippen molar-refractivity contribution in [2.45, 2.75) is 39.3 Å². The van der Waals surface area contributed by atoms with Gasteiger partial charge in [-0.2, -0.15) is 0 Å². The maximum absolute atomic E-state index is 13.1. The Labute approximate surface area is 128 Å². The lowest BCUT2D eigenvalue weighted by Crippen LogP contribution is -2.87. The van der Waals surface area contributed by atoms with Crippen LogP contribution in [0.15, 0.2) is 18.2 Å². The standard InChI is InChI=1S/C15H21F2N3O2/c1-4-9(2)19-15(22)20-14(21)8-18-10(3)11-5-6-12(16)13(17)7-11/h5-7,9-10,18H,4,8H2,1-3H3,(H2,19,20,21,22)/p+1/t9-,10+/m0/s1. The highest BCUT2D eigenvalue weighted by Gasteiger charge is 2.15. The van der Waals surface area contributed by atoms with E-state index in [2.05, 4.69) is 10.6 Å². The summed E-state index contributed by atoms with van der Waals surface area (Å²) in [5, 5.41) is 6.47. The number of carbonyl (C=O) groups is 2. The summed E-state index contributed by atoms with van der Waals surface area (Å²) >= 11 is 0. The highest BCUT2D eigenvalue weighted by atomic mass is 19.2. The van der Waals surface area contributed by atoms with Crippen molar-refractivity contribution >= 4 is 11.9 Å². The zero-order valence-corrected chi connectivity index (χ0v) is 13.0. The molecule has 0 saturated heterocycles. The molecule has 0 aliphatic heterocycles. The van der Waals surface area contributed by atoms with Crippen molar-refractivity contribution in [1.82, 2.24) is 10.6 Å². The maximum Gasteiger partial charge on any atom is 0.321 e. The number of hydrogen-bond acceptors (Lipinski definition) is 2. The van der Waals surface area contributed by atoms with E-state index >= 15 is 0 Å². The van der Waals surface area contributed by atoms with Crippen LogP contribution in [0.3, 0.4) is 0 Å². The summed E-state index contributed by atoms with van der Waals surface area (Å²) < 4.78 is 26.0. The largest absolute Gasteiger partial charge is 0.335 e. The number of halogens is 2. The third-order valence-electron chi connectivity index (χ3n) is 3.37. The molecule has 122 valence electrons. The molecular weight excluding hydrogens is 292 g/mol. The highest BCUT2D eigenvalue weighted by Crippen LogP contribution is 2.12. The minimum Gasteiger partial charge on any atom is -0.335 e. The number of imide groups is 1. The van der Waals surface area contributed by atoms with Gasteiger partial charge in [0.1, 0.15) is 6.04 Å². The van der Waals surface area contributed by atoms with Crippen molar-refractivity contribution in [2.75, 3.05) is 6.54 Å². The maximum atomic E-state index is 13.1. The smallest absolute Gasteiger partial charge is 0.321 e. The number of nitrogens with one attached hydrogen (secondary N) is 2. The van der Waals surface area contributed by atoms with Crippen LogP contribution in [-0.4, -0.2) is 24.5 Å². The molecule has 0 aliphatic rings. The second kappa shape index (κ2) is 8.43. The number of hydrogen-bond donors (Lipinski definition) is 3. The Kier molecular flexibility index (Phi) is 6.91. The van der Waals surface area contributed by atoms with E-state index < -0.39 is 23.6 Å². The number of amides is 3. The summed E-state index contributed by atoms with van der Waals surface area (Å²) in [6.45, 7) is 5.53. The molecule has 1 aromatic rings. The van der Waals surface area contributed by atoms with Gasteiger partial charge in [-0.3, -0.25) is 10.1 Å². The lowest BCUT2D eigenvalue weighted by molar-refractivity contribution is -0.682. The fourth-order valence-electron chi connectivity index (χ4n) is 1.76. The number of urea groups is 1. The second-order valence-corrected chi connectivity index (χ2v) is 5.23. The van der Waals surface area contributed by atoms with Gasteiger partial charge in [-0.15, -0.1) is 0 Å². The molecule has 2 atom stereocenters. The SMILES string of the molecule is CC[C@H](C)NC(=O)NC(=O)C[NH2+][C@H](C)c1ccc(F)c(F)c1. The molecular formula is C15H22F2N3O2+. The van der Waals surface area contributed by atoms with Gasteiger partial charge in [0.25, 0.3) is 5.91 Å². The average molecular weight is 314 g/mol. The molecule has 0 aromatic heterocycles. The summed E-state index contributed by atoms with van der Waals surface area (Å²) in [6, 6.07) is 2.83. The van der Waals surface area contributed by atoms with Crippen molar-refractivity contribution in [3.8, 4) is 0 Å². The molecule has 0 fully saturated rings. The van der Waals surface area contributed by atoms with Crippen molar-refractivity contribution in [3.63, 3.8) is 0 Å². The van der Waals surface area contributed by atoms with Gasteiger partial charge in [0.2, 0.25) is 0 Å². The van der Waals surface area contributed by atoms with Crippen LogP contribution in [0.1, 0.15) is 38.8 Å². The molecule has 0 saturated carbocycles. The van der Waals surface area contributed by atoms with E-state index in [0.717, 1.165) is 18.6 Å². The van der Waals surface area contributed by atoms with Crippen LogP contribution in [0, 0.1) is 11.6 Å². The Bertz CT molecular complexity index is 538. The zero-order chi connectivity index (χ0) is 16.7. The van der Waals surface area contributed by atoms with Gasteiger partial charge in [-0.25, -0.2) is 13.6 Å². The topological polar surface area (TPSA) is 74.8 Å². The van der Waals surface area contributed by atoms with Crippen molar-refractivity contribution in [2.24, 2.45) is 0 Å². The van der Waals surface area contributed by atoms with E-state index in [1.165, 1.54) is 6.07 Å². The number of nitrogens with two attached hydrogens (primary N) is 1. The molecule has 0 spiro atoms. The third kappa shape index (κ3) is 5.77. The number of benzene rings is 1. The normalized spacial score (nSPS) is 13.3. The first-order valence-electron chi connectivity index (χ1n) is 7.22. The van der Waals surface area contributed by atoms with Crippen LogP contribution >= 0.6 is 0 Å². The molecule has 4 N–H and O–H groups in total. The summed E-state index contributed by atoms with van der Waals surface area (Å²) in [6.07, 6.45) is 0.765. The fraction of sp³-hybridized carbons (Fsp3) is 0.467. The lowest BCUT2D eigenvalue weighted by Gasteiger charge is -2.13. The number of rotatable bonds is 6. The van der Waals surface area contributed by atoms with E-state index in [0.29, 0.717) is 5.56 Å². The molecule has 0 radical (unpaired) electrons. The molecule has 5 nitrogen and oxygen atoms in total. The first kappa shape index (κ1) is 18.0. The van der Waals surface area contributed by atoms with Gasteiger partial charge in [0.15, 0.2) is 18.2 Å². The molecule has 0 bridgehead atoms. The van der Waals surface area contributed by atoms with Gasteiger partial charge < -0.3 is 10.6 Å². The number of quaternary nitrogens is 1. The Hall–Kier alpha value is -2.02. The number of carbonyl (C=O) groups excluding carboxylic acids is 2. The van der Waals surface area contributed by atoms with Crippen LogP contribution in [0.5, 0.6) is 0 Å². The minimum atomic E-state index is -0.921. The zero-order valence-electron chi connectivity index (χ0n) is 13.0. The van der Waals surface area contributed by atoms with Gasteiger partial charge in [0.05, 0.1) is 0 Å². The molecule has 22 heavy (non-hydrogen) atoms. The van der Waals surface area contributed by atoms with E-state index in [-0.39, 0.29) is 18.6 Å². The first-order chi connectivity index (χ1) is 10.3. The van der Waals surface area contributed by atoms with Crippen molar-refractivity contribution in [3.05, 3.63) is 35.4 Å². The van der Waals surface area contributed by atoms with E-state index in [9.17, 15) is 18.4 Å². The van der Waals surface area contributed by atoms with Crippen LogP contribution in [-0.2, 0) is 4.79 Å². The molecule has 3 amide bonds. The molecule has 1 rings (SSSR count). The predicted molar refractivity (Wildman–Crippen MR) is 78.0 cm³/mol. The van der Waals surface area contributed by atoms with Crippen LogP contribution in [0.25, 0.3) is 0 Å². The Morgan fingerprint density at radius 1 is 1.23 bits per heavy atom. The fourth-order valence-corrected chi connectivity index (χ4v) is 1.76. The summed E-state index contributed by atoms with van der Waals surface area (Å²) in [7, 11) is 0. The van der Waals surface area contributed by atoms with Gasteiger partial charge in [-0.05, 0) is 38.5 Å². The average Bonchev–Trinajstić information content (AvgIpc) is 2.47. The lowest BCUT2D eigenvalue weighted by atomic mass is 10.1. The summed E-state index contributed by atoms with van der Waals surface area (Å²) in [4.78, 5) is 23.1. The van der Waals surface area contributed by atoms with Crippen molar-refractivity contribution < 1.29 is 23.7 Å². The van der Waals surface area contributed by atoms with E-state index in [1.54, 1.807) is 12.2 Å². The van der Waals surface area contributed by atoms with Crippen LogP contribution in [0.2, 0.25) is 0 Å². The Balaban J connectivity index is 2.43. The molecule has 0 heterocycles. The Morgan fingerprint density at radius 2 is 1.91 bits per heavy atom. The monoisotopic (exact) mass is 314 g/mol. The predicted octanol–water partition coefficient (Wildman–Crippen LogP) is 1.21. The molecule has 0 aliphatic carbocycles. The Morgan fingerprint density at radius 3 is 2.50 bits per heavy atom. The summed E-state index contributed by atoms with van der Waals surface area (Å²) in [5.74, 6) is -2.28.